The number of nitrogens with zero attached hydrogens (tertiary/aromatic N) is 4. The van der Waals surface area contributed by atoms with Gasteiger partial charge in [0.15, 0.2) is 5.89 Å². The summed E-state index contributed by atoms with van der Waals surface area (Å²) in [5, 5.41) is 9.52. The molecule has 10 heteroatoms. The van der Waals surface area contributed by atoms with Crippen LogP contribution >= 0.6 is 0 Å². The van der Waals surface area contributed by atoms with Crippen molar-refractivity contribution in [2.45, 2.75) is 95.2 Å². The van der Waals surface area contributed by atoms with Crippen LogP contribution in [0.15, 0.2) is 47.2 Å². The topological polar surface area (TPSA) is 118 Å². The zero-order chi connectivity index (χ0) is 32.5. The first-order chi connectivity index (χ1) is 22.8. The SMILES string of the molecule is COc1ccc([C@H]2CC[C@H](CN(c3cc(-c4coc(C5CC5)n4)ccn3)C(=O)[C@H]3CC[C@H](OC(=O)N4CC(O)C4)CC3)CC2)cc1C. The van der Waals surface area contributed by atoms with Crippen LogP contribution in [-0.2, 0) is 9.53 Å². The molecule has 10 nitrogen and oxygen atoms in total. The number of aliphatic hydroxyl groups excluding tert-OH is 1. The molecule has 1 aromatic carbocycles. The van der Waals surface area contributed by atoms with Crippen LogP contribution in [0.3, 0.4) is 0 Å². The second kappa shape index (κ2) is 13.7. The van der Waals surface area contributed by atoms with Crippen LogP contribution in [0.2, 0.25) is 0 Å². The monoisotopic (exact) mass is 642 g/mol. The molecule has 4 aliphatic rings. The lowest BCUT2D eigenvalue weighted by Crippen LogP contribution is -2.54. The zero-order valence-corrected chi connectivity index (χ0v) is 27.5. The molecule has 0 bridgehead atoms. The average molecular weight is 643 g/mol. The highest BCUT2D eigenvalue weighted by molar-refractivity contribution is 5.94. The van der Waals surface area contributed by atoms with Gasteiger partial charge < -0.3 is 23.9 Å². The van der Waals surface area contributed by atoms with E-state index in [1.165, 1.54) is 10.5 Å². The van der Waals surface area contributed by atoms with Gasteiger partial charge in [0.1, 0.15) is 29.6 Å². The lowest BCUT2D eigenvalue weighted by molar-refractivity contribution is -0.124. The van der Waals surface area contributed by atoms with Crippen LogP contribution in [-0.4, -0.2) is 70.9 Å². The Kier molecular flexibility index (Phi) is 9.21. The van der Waals surface area contributed by atoms with Gasteiger partial charge in [-0.15, -0.1) is 0 Å². The Labute approximate surface area is 276 Å². The van der Waals surface area contributed by atoms with Gasteiger partial charge in [-0.3, -0.25) is 9.69 Å². The van der Waals surface area contributed by atoms with Crippen molar-refractivity contribution in [1.29, 1.82) is 0 Å². The number of benzene rings is 1. The number of carbonyl (C=O) groups excluding carboxylic acids is 2. The van der Waals surface area contributed by atoms with Crippen LogP contribution in [0.4, 0.5) is 10.6 Å². The van der Waals surface area contributed by atoms with Gasteiger partial charge in [-0.1, -0.05) is 12.1 Å². The molecule has 1 saturated heterocycles. The largest absolute Gasteiger partial charge is 0.496 e. The summed E-state index contributed by atoms with van der Waals surface area (Å²) in [6.07, 6.45) is 11.5. The molecule has 0 spiro atoms. The number of aliphatic hydroxyl groups is 1. The number of anilines is 1. The van der Waals surface area contributed by atoms with Crippen molar-refractivity contribution in [2.75, 3.05) is 31.6 Å². The lowest BCUT2D eigenvalue weighted by atomic mass is 9.78. The normalized spacial score (nSPS) is 24.8. The molecule has 3 heterocycles. The summed E-state index contributed by atoms with van der Waals surface area (Å²) in [5.74, 6) is 3.60. The van der Waals surface area contributed by atoms with Crippen molar-refractivity contribution < 1.29 is 28.6 Å². The number of rotatable bonds is 9. The van der Waals surface area contributed by atoms with Gasteiger partial charge in [-0.2, -0.15) is 0 Å². The van der Waals surface area contributed by atoms with E-state index in [2.05, 4.69) is 25.1 Å². The molecule has 0 unspecified atom stereocenters. The molecule has 1 N–H and O–H groups in total. The maximum atomic E-state index is 14.3. The summed E-state index contributed by atoms with van der Waals surface area (Å²) in [6.45, 7) is 3.37. The fourth-order valence-corrected chi connectivity index (χ4v) is 7.52. The third kappa shape index (κ3) is 7.17. The number of hydrogen-bond donors (Lipinski definition) is 1. The van der Waals surface area contributed by atoms with E-state index in [-0.39, 0.29) is 24.0 Å². The summed E-state index contributed by atoms with van der Waals surface area (Å²) in [5.41, 5.74) is 4.20. The first-order valence-corrected chi connectivity index (χ1v) is 17.4. The summed E-state index contributed by atoms with van der Waals surface area (Å²) in [4.78, 5) is 39.7. The van der Waals surface area contributed by atoms with Crippen molar-refractivity contribution >= 4 is 17.8 Å². The van der Waals surface area contributed by atoms with Gasteiger partial charge >= 0.3 is 6.09 Å². The number of ether oxygens (including phenoxy) is 2. The smallest absolute Gasteiger partial charge is 0.410 e. The van der Waals surface area contributed by atoms with E-state index in [1.54, 1.807) is 19.6 Å². The molecular weight excluding hydrogens is 596 g/mol. The quantitative estimate of drug-likeness (QED) is 0.277. The minimum Gasteiger partial charge on any atom is -0.496 e. The number of aryl methyl sites for hydroxylation is 1. The number of aromatic nitrogens is 2. The van der Waals surface area contributed by atoms with Gasteiger partial charge in [0.05, 0.1) is 26.3 Å². The van der Waals surface area contributed by atoms with Crippen molar-refractivity contribution in [1.82, 2.24) is 14.9 Å². The van der Waals surface area contributed by atoms with Crippen LogP contribution in [0.1, 0.15) is 93.1 Å². The van der Waals surface area contributed by atoms with Crippen molar-refractivity contribution in [3.8, 4) is 17.0 Å². The third-order valence-electron chi connectivity index (χ3n) is 10.6. The highest BCUT2D eigenvalue weighted by atomic mass is 16.6. The Morgan fingerprint density at radius 2 is 1.72 bits per heavy atom. The molecule has 2 aromatic heterocycles. The van der Waals surface area contributed by atoms with Crippen LogP contribution in [0.5, 0.6) is 5.75 Å². The average Bonchev–Trinajstić information content (AvgIpc) is 3.81. The van der Waals surface area contributed by atoms with E-state index in [1.807, 2.05) is 17.0 Å². The van der Waals surface area contributed by atoms with E-state index >= 15 is 0 Å². The highest BCUT2D eigenvalue weighted by Crippen LogP contribution is 2.41. The Bertz CT molecular complexity index is 1560. The van der Waals surface area contributed by atoms with Crippen LogP contribution in [0, 0.1) is 18.8 Å². The Hall–Kier alpha value is -3.92. The number of β-amino-alcohol motifs (C(OH)–C–C–N with tert-alkyl or cyclic N) is 1. The predicted octanol–water partition coefficient (Wildman–Crippen LogP) is 6.61. The molecule has 7 rings (SSSR count). The predicted molar refractivity (Wildman–Crippen MR) is 176 cm³/mol. The third-order valence-corrected chi connectivity index (χ3v) is 10.6. The zero-order valence-electron chi connectivity index (χ0n) is 27.5. The van der Waals surface area contributed by atoms with Gasteiger partial charge in [0.25, 0.3) is 0 Å². The molecule has 3 aliphatic carbocycles. The molecule has 2 amide bonds. The van der Waals surface area contributed by atoms with E-state index < -0.39 is 6.10 Å². The van der Waals surface area contributed by atoms with E-state index in [9.17, 15) is 14.7 Å². The first-order valence-electron chi connectivity index (χ1n) is 17.4. The van der Waals surface area contributed by atoms with Crippen LogP contribution < -0.4 is 9.64 Å². The number of pyridine rings is 1. The summed E-state index contributed by atoms with van der Waals surface area (Å²) in [6, 6.07) is 10.4. The maximum absolute atomic E-state index is 14.3. The molecule has 47 heavy (non-hydrogen) atoms. The number of likely N-dealkylation sites (tertiary alicyclic amines) is 1. The first kappa shape index (κ1) is 31.7. The number of amides is 2. The van der Waals surface area contributed by atoms with E-state index in [0.29, 0.717) is 68.9 Å². The fourth-order valence-electron chi connectivity index (χ4n) is 7.52. The molecule has 3 aromatic rings. The van der Waals surface area contributed by atoms with Crippen molar-refractivity contribution in [3.63, 3.8) is 0 Å². The Morgan fingerprint density at radius 3 is 2.40 bits per heavy atom. The standard InChI is InChI=1S/C37H46N4O6/c1-23-17-28(11-14-33(23)45-2)25-5-3-24(4-6-25)19-41(34-18-29(15-16-38-34)32-22-46-35(39-32)26-7-8-26)36(43)27-9-12-31(13-10-27)47-37(44)40-20-30(42)21-40/h11,14-18,22,24-27,30-31,42H,3-10,12-13,19-21H2,1-2H3/t24-,25-,27-,31-. The van der Waals surface area contributed by atoms with Gasteiger partial charge in [-0.05, 0) is 112 Å². The number of methoxy groups -OCH3 is 1. The Morgan fingerprint density at radius 1 is 0.979 bits per heavy atom. The second-order valence-electron chi connectivity index (χ2n) is 14.1. The summed E-state index contributed by atoms with van der Waals surface area (Å²) in [7, 11) is 1.71. The molecule has 1 aliphatic heterocycles. The maximum Gasteiger partial charge on any atom is 0.410 e. The number of oxazole rings is 1. The van der Waals surface area contributed by atoms with E-state index in [4.69, 9.17) is 23.9 Å². The minimum absolute atomic E-state index is 0.0945. The molecule has 3 saturated carbocycles. The van der Waals surface area contributed by atoms with Gasteiger partial charge in [0.2, 0.25) is 5.91 Å². The van der Waals surface area contributed by atoms with Crippen molar-refractivity contribution in [2.24, 2.45) is 11.8 Å². The molecule has 4 fully saturated rings. The molecule has 0 radical (unpaired) electrons. The second-order valence-corrected chi connectivity index (χ2v) is 14.1. The number of carbonyl (C=O) groups is 2. The summed E-state index contributed by atoms with van der Waals surface area (Å²) >= 11 is 0. The fraction of sp³-hybridized carbons (Fsp3) is 0.568. The van der Waals surface area contributed by atoms with E-state index in [0.717, 1.165) is 67.0 Å². The Balaban J connectivity index is 1.04. The van der Waals surface area contributed by atoms with Crippen molar-refractivity contribution in [3.05, 3.63) is 59.8 Å². The molecular formula is C37H46N4O6. The highest BCUT2D eigenvalue weighted by Gasteiger charge is 2.36. The van der Waals surface area contributed by atoms with Gasteiger partial charge in [0, 0.05) is 30.1 Å². The minimum atomic E-state index is -0.458. The number of hydrogen-bond acceptors (Lipinski definition) is 8. The molecule has 0 atom stereocenters. The molecule has 250 valence electrons. The lowest BCUT2D eigenvalue weighted by Gasteiger charge is -2.38. The summed E-state index contributed by atoms with van der Waals surface area (Å²) < 4.78 is 17.0. The van der Waals surface area contributed by atoms with Crippen LogP contribution in [0.25, 0.3) is 11.3 Å². The van der Waals surface area contributed by atoms with Gasteiger partial charge in [-0.25, -0.2) is 14.8 Å².